The van der Waals surface area contributed by atoms with E-state index in [2.05, 4.69) is 5.32 Å². The maximum atomic E-state index is 14.2. The highest BCUT2D eigenvalue weighted by molar-refractivity contribution is 5.98. The molecule has 25 heavy (non-hydrogen) atoms. The number of nitrogens with zero attached hydrogens (tertiary/aromatic N) is 1. The maximum Gasteiger partial charge on any atom is 0.254 e. The normalized spacial score (nSPS) is 13.4. The molecule has 0 saturated heterocycles. The van der Waals surface area contributed by atoms with Crippen LogP contribution in [0.15, 0.2) is 48.5 Å². The Morgan fingerprint density at radius 1 is 1.08 bits per heavy atom. The van der Waals surface area contributed by atoms with Crippen molar-refractivity contribution in [2.45, 2.75) is 25.9 Å². The number of benzene rings is 2. The van der Waals surface area contributed by atoms with Gasteiger partial charge in [0.05, 0.1) is 11.6 Å². The second kappa shape index (κ2) is 8.03. The third-order valence-corrected chi connectivity index (χ3v) is 4.15. The molecule has 0 unspecified atom stereocenters. The van der Waals surface area contributed by atoms with Crippen molar-refractivity contribution in [3.05, 3.63) is 71.0 Å². The first-order chi connectivity index (χ1) is 11.8. The van der Waals surface area contributed by atoms with E-state index in [4.69, 9.17) is 0 Å². The third kappa shape index (κ3) is 4.51. The van der Waals surface area contributed by atoms with Gasteiger partial charge in [-0.2, -0.15) is 0 Å². The van der Waals surface area contributed by atoms with E-state index in [9.17, 15) is 14.0 Å². The summed E-state index contributed by atoms with van der Waals surface area (Å²) in [5.74, 6) is -1.43. The van der Waals surface area contributed by atoms with E-state index in [1.54, 1.807) is 0 Å². The average Bonchev–Trinajstić information content (AvgIpc) is 2.55. The van der Waals surface area contributed by atoms with Crippen molar-refractivity contribution in [2.75, 3.05) is 14.1 Å². The van der Waals surface area contributed by atoms with Crippen LogP contribution < -0.4 is 5.32 Å². The molecule has 132 valence electrons. The lowest BCUT2D eigenvalue weighted by Crippen LogP contribution is -2.42. The van der Waals surface area contributed by atoms with Gasteiger partial charge in [0.15, 0.2) is 5.78 Å². The molecule has 0 bridgehead atoms. The predicted octanol–water partition coefficient (Wildman–Crippen LogP) is 3.45. The molecular weight excluding hydrogens is 319 g/mol. The summed E-state index contributed by atoms with van der Waals surface area (Å²) in [4.78, 5) is 25.8. The van der Waals surface area contributed by atoms with E-state index in [0.29, 0.717) is 0 Å². The standard InChI is InChI=1S/C20H23FN2O2/c1-13(19(23(3)4)15-8-6-5-7-9-15)22-20(25)17-11-10-16(14(2)24)12-18(17)21/h5-13,19H,1-4H3,(H,22,25)/t13-,19+/m1/s1. The average molecular weight is 342 g/mol. The number of halogens is 1. The van der Waals surface area contributed by atoms with Gasteiger partial charge in [-0.3, -0.25) is 9.59 Å². The van der Waals surface area contributed by atoms with Crippen molar-refractivity contribution in [2.24, 2.45) is 0 Å². The molecule has 0 spiro atoms. The van der Waals surface area contributed by atoms with Gasteiger partial charge in [-0.1, -0.05) is 36.4 Å². The third-order valence-electron chi connectivity index (χ3n) is 4.15. The van der Waals surface area contributed by atoms with Gasteiger partial charge in [-0.25, -0.2) is 4.39 Å². The fourth-order valence-electron chi connectivity index (χ4n) is 2.97. The highest BCUT2D eigenvalue weighted by atomic mass is 19.1. The van der Waals surface area contributed by atoms with Gasteiger partial charge in [0.25, 0.3) is 5.91 Å². The summed E-state index contributed by atoms with van der Waals surface area (Å²) < 4.78 is 14.2. The van der Waals surface area contributed by atoms with Crippen LogP contribution in [0.1, 0.15) is 46.2 Å². The minimum atomic E-state index is -0.696. The molecule has 0 fully saturated rings. The number of hydrogen-bond acceptors (Lipinski definition) is 3. The van der Waals surface area contributed by atoms with Crippen molar-refractivity contribution < 1.29 is 14.0 Å². The number of Topliss-reactive ketones (excluding diaryl/α,β-unsaturated/α-hetero) is 1. The van der Waals surface area contributed by atoms with Crippen LogP contribution in [-0.2, 0) is 0 Å². The Bertz CT molecular complexity index is 760. The Morgan fingerprint density at radius 2 is 1.72 bits per heavy atom. The number of hydrogen-bond donors (Lipinski definition) is 1. The zero-order valence-corrected chi connectivity index (χ0v) is 14.9. The van der Waals surface area contributed by atoms with Gasteiger partial charge in [0, 0.05) is 11.6 Å². The number of carbonyl (C=O) groups is 2. The lowest BCUT2D eigenvalue weighted by atomic mass is 9.99. The molecule has 5 heteroatoms. The number of carbonyl (C=O) groups excluding carboxylic acids is 2. The second-order valence-electron chi connectivity index (χ2n) is 6.33. The Hall–Kier alpha value is -2.53. The van der Waals surface area contributed by atoms with E-state index in [-0.39, 0.29) is 29.0 Å². The summed E-state index contributed by atoms with van der Waals surface area (Å²) in [6.07, 6.45) is 0. The smallest absolute Gasteiger partial charge is 0.254 e. The molecule has 0 radical (unpaired) electrons. The van der Waals surface area contributed by atoms with Crippen LogP contribution in [0.25, 0.3) is 0 Å². The van der Waals surface area contributed by atoms with Gasteiger partial charge in [-0.15, -0.1) is 0 Å². The molecule has 0 heterocycles. The highest BCUT2D eigenvalue weighted by Gasteiger charge is 2.24. The van der Waals surface area contributed by atoms with Crippen LogP contribution in [0, 0.1) is 5.82 Å². The molecule has 4 nitrogen and oxygen atoms in total. The van der Waals surface area contributed by atoms with Gasteiger partial charge < -0.3 is 10.2 Å². The van der Waals surface area contributed by atoms with Gasteiger partial charge in [0.1, 0.15) is 5.82 Å². The molecule has 2 aromatic rings. The van der Waals surface area contributed by atoms with Gasteiger partial charge in [-0.05, 0) is 45.6 Å². The summed E-state index contributed by atoms with van der Waals surface area (Å²) in [7, 11) is 3.87. The number of likely N-dealkylation sites (N-methyl/N-ethyl adjacent to an activating group) is 1. The number of nitrogens with one attached hydrogen (secondary N) is 1. The first kappa shape index (κ1) is 18.8. The van der Waals surface area contributed by atoms with E-state index >= 15 is 0 Å². The summed E-state index contributed by atoms with van der Waals surface area (Å²) in [5.41, 5.74) is 1.24. The van der Waals surface area contributed by atoms with E-state index < -0.39 is 11.7 Å². The largest absolute Gasteiger partial charge is 0.348 e. The van der Waals surface area contributed by atoms with E-state index in [0.717, 1.165) is 11.6 Å². The molecule has 0 aliphatic carbocycles. The number of rotatable bonds is 6. The summed E-state index contributed by atoms with van der Waals surface area (Å²) in [5, 5.41) is 2.86. The summed E-state index contributed by atoms with van der Waals surface area (Å²) in [6, 6.07) is 13.4. The quantitative estimate of drug-likeness (QED) is 0.818. The molecule has 0 saturated carbocycles. The van der Waals surface area contributed by atoms with Crippen molar-refractivity contribution in [3.8, 4) is 0 Å². The molecule has 2 atom stereocenters. The molecular formula is C20H23FN2O2. The fraction of sp³-hybridized carbons (Fsp3) is 0.300. The van der Waals surface area contributed by atoms with E-state index in [1.165, 1.54) is 19.1 Å². The zero-order valence-electron chi connectivity index (χ0n) is 14.9. The van der Waals surface area contributed by atoms with Crippen LogP contribution in [0.2, 0.25) is 0 Å². The second-order valence-corrected chi connectivity index (χ2v) is 6.33. The van der Waals surface area contributed by atoms with Crippen molar-refractivity contribution in [1.29, 1.82) is 0 Å². The lowest BCUT2D eigenvalue weighted by molar-refractivity contribution is 0.0909. The summed E-state index contributed by atoms with van der Waals surface area (Å²) >= 11 is 0. The predicted molar refractivity (Wildman–Crippen MR) is 96.2 cm³/mol. The topological polar surface area (TPSA) is 49.4 Å². The van der Waals surface area contributed by atoms with Crippen LogP contribution in [0.4, 0.5) is 4.39 Å². The van der Waals surface area contributed by atoms with Crippen molar-refractivity contribution in [1.82, 2.24) is 10.2 Å². The monoisotopic (exact) mass is 342 g/mol. The molecule has 0 aliphatic rings. The Morgan fingerprint density at radius 3 is 2.24 bits per heavy atom. The minimum Gasteiger partial charge on any atom is -0.348 e. The first-order valence-electron chi connectivity index (χ1n) is 8.14. The zero-order chi connectivity index (χ0) is 18.6. The Kier molecular flexibility index (Phi) is 6.04. The van der Waals surface area contributed by atoms with Crippen LogP contribution in [0.5, 0.6) is 0 Å². The number of amides is 1. The molecule has 1 N–H and O–H groups in total. The van der Waals surface area contributed by atoms with Crippen LogP contribution >= 0.6 is 0 Å². The SMILES string of the molecule is CC(=O)c1ccc(C(=O)N[C@H](C)[C@@H](c2ccccc2)N(C)C)c(F)c1. The lowest BCUT2D eigenvalue weighted by Gasteiger charge is -2.31. The summed E-state index contributed by atoms with van der Waals surface area (Å²) in [6.45, 7) is 3.25. The van der Waals surface area contributed by atoms with Crippen molar-refractivity contribution in [3.63, 3.8) is 0 Å². The molecule has 0 aromatic heterocycles. The highest BCUT2D eigenvalue weighted by Crippen LogP contribution is 2.22. The molecule has 1 amide bonds. The fourth-order valence-corrected chi connectivity index (χ4v) is 2.97. The van der Waals surface area contributed by atoms with Crippen LogP contribution in [-0.4, -0.2) is 36.7 Å². The van der Waals surface area contributed by atoms with Gasteiger partial charge in [0.2, 0.25) is 0 Å². The van der Waals surface area contributed by atoms with Crippen molar-refractivity contribution >= 4 is 11.7 Å². The van der Waals surface area contributed by atoms with E-state index in [1.807, 2.05) is 56.3 Å². The molecule has 2 rings (SSSR count). The molecule has 2 aromatic carbocycles. The van der Waals surface area contributed by atoms with Gasteiger partial charge >= 0.3 is 0 Å². The molecule has 0 aliphatic heterocycles. The maximum absolute atomic E-state index is 14.2. The Balaban J connectivity index is 2.20. The number of ketones is 1. The minimum absolute atomic E-state index is 0.0512. The Labute approximate surface area is 147 Å². The van der Waals surface area contributed by atoms with Crippen LogP contribution in [0.3, 0.4) is 0 Å². The first-order valence-corrected chi connectivity index (χ1v) is 8.14.